The van der Waals surface area contributed by atoms with E-state index in [9.17, 15) is 4.79 Å². The average Bonchev–Trinajstić information content (AvgIpc) is 2.43. The summed E-state index contributed by atoms with van der Waals surface area (Å²) in [6.45, 7) is 2.64. The first-order valence-electron chi connectivity index (χ1n) is 5.85. The van der Waals surface area contributed by atoms with E-state index in [4.69, 9.17) is 10.00 Å². The summed E-state index contributed by atoms with van der Waals surface area (Å²) < 4.78 is 7.01. The van der Waals surface area contributed by atoms with Gasteiger partial charge in [-0.3, -0.25) is 4.57 Å². The van der Waals surface area contributed by atoms with Gasteiger partial charge in [0.15, 0.2) is 0 Å². The molecule has 0 saturated heterocycles. The minimum atomic E-state index is -0.292. The Morgan fingerprint density at radius 2 is 2.32 bits per heavy atom. The molecular formula is C14H13N3O2. The zero-order valence-electron chi connectivity index (χ0n) is 10.5. The van der Waals surface area contributed by atoms with Crippen LogP contribution in [0.5, 0.6) is 5.75 Å². The lowest BCUT2D eigenvalue weighted by molar-refractivity contribution is 0.295. The smallest absolute Gasteiger partial charge is 0.347 e. The summed E-state index contributed by atoms with van der Waals surface area (Å²) in [6.07, 6.45) is 3.28. The number of benzene rings is 1. The van der Waals surface area contributed by atoms with Crippen molar-refractivity contribution in [2.24, 2.45) is 0 Å². The summed E-state index contributed by atoms with van der Waals surface area (Å²) in [7, 11) is 0. The lowest BCUT2D eigenvalue weighted by atomic mass is 10.2. The predicted molar refractivity (Wildman–Crippen MR) is 69.9 cm³/mol. The van der Waals surface area contributed by atoms with Crippen molar-refractivity contribution in [1.29, 1.82) is 5.26 Å². The van der Waals surface area contributed by atoms with Crippen molar-refractivity contribution in [2.45, 2.75) is 13.5 Å². The van der Waals surface area contributed by atoms with Gasteiger partial charge in [-0.25, -0.2) is 9.78 Å². The van der Waals surface area contributed by atoms with Crippen LogP contribution in [0.15, 0.2) is 41.5 Å². The highest BCUT2D eigenvalue weighted by atomic mass is 16.5. The van der Waals surface area contributed by atoms with E-state index < -0.39 is 0 Å². The van der Waals surface area contributed by atoms with E-state index >= 15 is 0 Å². The molecule has 1 aromatic carbocycles. The predicted octanol–water partition coefficient (Wildman–Crippen LogP) is 1.50. The second-order valence-corrected chi connectivity index (χ2v) is 4.10. The Bertz CT molecular complexity index is 671. The van der Waals surface area contributed by atoms with Crippen molar-refractivity contribution >= 4 is 0 Å². The maximum absolute atomic E-state index is 11.5. The number of aromatic nitrogens is 2. The summed E-state index contributed by atoms with van der Waals surface area (Å²) >= 11 is 0. The molecule has 2 rings (SSSR count). The Morgan fingerprint density at radius 3 is 3.11 bits per heavy atom. The molecule has 0 aliphatic rings. The number of ether oxygens (including phenoxy) is 1. The van der Waals surface area contributed by atoms with Gasteiger partial charge in [-0.1, -0.05) is 6.07 Å². The quantitative estimate of drug-likeness (QED) is 0.830. The van der Waals surface area contributed by atoms with Crippen LogP contribution in [0.3, 0.4) is 0 Å². The normalized spacial score (nSPS) is 9.89. The Labute approximate surface area is 110 Å². The number of nitriles is 1. The molecule has 5 heteroatoms. The molecular weight excluding hydrogens is 242 g/mol. The maximum Gasteiger partial charge on any atom is 0.347 e. The Hall–Kier alpha value is -2.61. The van der Waals surface area contributed by atoms with Crippen LogP contribution in [-0.4, -0.2) is 16.2 Å². The molecule has 0 amide bonds. The summed E-state index contributed by atoms with van der Waals surface area (Å²) in [6, 6.07) is 8.96. The number of rotatable bonds is 4. The molecule has 0 aliphatic heterocycles. The fourth-order valence-electron chi connectivity index (χ4n) is 1.64. The molecule has 0 atom stereocenters. The summed E-state index contributed by atoms with van der Waals surface area (Å²) in [4.78, 5) is 15.2. The van der Waals surface area contributed by atoms with Crippen LogP contribution in [0.1, 0.15) is 11.1 Å². The van der Waals surface area contributed by atoms with Gasteiger partial charge < -0.3 is 4.74 Å². The second kappa shape index (κ2) is 5.83. The van der Waals surface area contributed by atoms with Gasteiger partial charge in [0.25, 0.3) is 0 Å². The largest absolute Gasteiger partial charge is 0.492 e. The Kier molecular flexibility index (Phi) is 3.94. The van der Waals surface area contributed by atoms with Crippen molar-refractivity contribution in [3.8, 4) is 11.8 Å². The molecule has 0 fully saturated rings. The van der Waals surface area contributed by atoms with Gasteiger partial charge in [-0.15, -0.1) is 0 Å². The minimum Gasteiger partial charge on any atom is -0.492 e. The van der Waals surface area contributed by atoms with Gasteiger partial charge in [-0.2, -0.15) is 5.26 Å². The SMILES string of the molecule is Cc1cnc(=O)n(CCOc2cccc(C#N)c2)c1. The van der Waals surface area contributed by atoms with Gasteiger partial charge in [0, 0.05) is 12.4 Å². The summed E-state index contributed by atoms with van der Waals surface area (Å²) in [5.74, 6) is 0.618. The van der Waals surface area contributed by atoms with Crippen molar-refractivity contribution in [1.82, 2.24) is 9.55 Å². The molecule has 0 bridgehead atoms. The molecule has 5 nitrogen and oxygen atoms in total. The van der Waals surface area contributed by atoms with Crippen LogP contribution in [0.4, 0.5) is 0 Å². The molecule has 0 aliphatic carbocycles. The monoisotopic (exact) mass is 255 g/mol. The van der Waals surface area contributed by atoms with Crippen molar-refractivity contribution in [2.75, 3.05) is 6.61 Å². The first-order valence-corrected chi connectivity index (χ1v) is 5.85. The number of hydrogen-bond acceptors (Lipinski definition) is 4. The first-order chi connectivity index (χ1) is 9.19. The fourth-order valence-corrected chi connectivity index (χ4v) is 1.64. The van der Waals surface area contributed by atoms with Crippen LogP contribution in [-0.2, 0) is 6.54 Å². The highest BCUT2D eigenvalue weighted by Gasteiger charge is 1.99. The minimum absolute atomic E-state index is 0.292. The van der Waals surface area contributed by atoms with Crippen LogP contribution in [0, 0.1) is 18.3 Å². The van der Waals surface area contributed by atoms with E-state index in [1.54, 1.807) is 30.5 Å². The molecule has 1 aromatic heterocycles. The molecule has 1 heterocycles. The van der Waals surface area contributed by atoms with Gasteiger partial charge in [0.2, 0.25) is 0 Å². The zero-order chi connectivity index (χ0) is 13.7. The third-order valence-electron chi connectivity index (χ3n) is 2.55. The molecule has 0 unspecified atom stereocenters. The van der Waals surface area contributed by atoms with E-state index in [-0.39, 0.29) is 5.69 Å². The molecule has 0 N–H and O–H groups in total. The summed E-state index contributed by atoms with van der Waals surface area (Å²) in [5.41, 5.74) is 1.18. The number of aryl methyl sites for hydroxylation is 1. The topological polar surface area (TPSA) is 67.9 Å². The molecule has 0 saturated carbocycles. The van der Waals surface area contributed by atoms with Crippen molar-refractivity contribution in [3.63, 3.8) is 0 Å². The standard InChI is InChI=1S/C14H13N3O2/c1-11-9-16-14(18)17(10-11)5-6-19-13-4-2-3-12(7-13)8-15/h2-4,7,9-10H,5-6H2,1H3. The van der Waals surface area contributed by atoms with E-state index in [2.05, 4.69) is 4.98 Å². The van der Waals surface area contributed by atoms with Gasteiger partial charge in [0.1, 0.15) is 12.4 Å². The van der Waals surface area contributed by atoms with Crippen LogP contribution >= 0.6 is 0 Å². The molecule has 19 heavy (non-hydrogen) atoms. The van der Waals surface area contributed by atoms with Crippen molar-refractivity contribution in [3.05, 3.63) is 58.3 Å². The Morgan fingerprint density at radius 1 is 1.47 bits per heavy atom. The third kappa shape index (κ3) is 3.42. The molecule has 0 radical (unpaired) electrons. The lowest BCUT2D eigenvalue weighted by Gasteiger charge is -2.08. The van der Waals surface area contributed by atoms with Crippen LogP contribution < -0.4 is 10.4 Å². The Balaban J connectivity index is 1.98. The zero-order valence-corrected chi connectivity index (χ0v) is 10.5. The molecule has 96 valence electrons. The first kappa shape index (κ1) is 12.8. The highest BCUT2D eigenvalue weighted by Crippen LogP contribution is 2.12. The van der Waals surface area contributed by atoms with Gasteiger partial charge in [0.05, 0.1) is 18.2 Å². The van der Waals surface area contributed by atoms with Crippen LogP contribution in [0.2, 0.25) is 0 Å². The average molecular weight is 255 g/mol. The number of hydrogen-bond donors (Lipinski definition) is 0. The maximum atomic E-state index is 11.5. The second-order valence-electron chi connectivity index (χ2n) is 4.10. The van der Waals surface area contributed by atoms with Crippen molar-refractivity contribution < 1.29 is 4.74 Å². The van der Waals surface area contributed by atoms with Crippen LogP contribution in [0.25, 0.3) is 0 Å². The van der Waals surface area contributed by atoms with Gasteiger partial charge >= 0.3 is 5.69 Å². The third-order valence-corrected chi connectivity index (χ3v) is 2.55. The lowest BCUT2D eigenvalue weighted by Crippen LogP contribution is -2.25. The van der Waals surface area contributed by atoms with Gasteiger partial charge in [-0.05, 0) is 30.7 Å². The van der Waals surface area contributed by atoms with E-state index in [0.29, 0.717) is 24.5 Å². The van der Waals surface area contributed by atoms with E-state index in [1.807, 2.05) is 13.0 Å². The fraction of sp³-hybridized carbons (Fsp3) is 0.214. The summed E-state index contributed by atoms with van der Waals surface area (Å²) in [5, 5.41) is 8.77. The number of nitrogens with zero attached hydrogens (tertiary/aromatic N) is 3. The molecule has 2 aromatic rings. The highest BCUT2D eigenvalue weighted by molar-refractivity contribution is 5.36. The molecule has 0 spiro atoms. The van der Waals surface area contributed by atoms with E-state index in [1.165, 1.54) is 10.8 Å². The van der Waals surface area contributed by atoms with E-state index in [0.717, 1.165) is 5.56 Å².